The van der Waals surface area contributed by atoms with Gasteiger partial charge in [-0.25, -0.2) is 0 Å². The Balaban J connectivity index is 2.04. The van der Waals surface area contributed by atoms with Crippen molar-refractivity contribution in [1.29, 1.82) is 0 Å². The predicted molar refractivity (Wildman–Crippen MR) is 66.3 cm³/mol. The van der Waals surface area contributed by atoms with E-state index in [2.05, 4.69) is 36.4 Å². The van der Waals surface area contributed by atoms with Crippen LogP contribution in [0.3, 0.4) is 0 Å². The topological polar surface area (TPSA) is 27.3 Å². The van der Waals surface area contributed by atoms with Crippen LogP contribution in [0.15, 0.2) is 0 Å². The van der Waals surface area contributed by atoms with E-state index in [1.807, 2.05) is 0 Å². The molecule has 0 aliphatic carbocycles. The van der Waals surface area contributed by atoms with Crippen molar-refractivity contribution in [3.8, 4) is 0 Å². The van der Waals surface area contributed by atoms with Gasteiger partial charge in [-0.2, -0.15) is 0 Å². The second-order valence-corrected chi connectivity index (χ2v) is 4.74. The maximum absolute atomic E-state index is 3.63. The highest BCUT2D eigenvalue weighted by Gasteiger charge is 2.12. The zero-order valence-electron chi connectivity index (χ0n) is 10.6. The maximum Gasteiger partial charge on any atom is 0.0193 e. The van der Waals surface area contributed by atoms with Crippen LogP contribution in [0.5, 0.6) is 0 Å². The molecule has 2 unspecified atom stereocenters. The van der Waals surface area contributed by atoms with Gasteiger partial charge in [-0.05, 0) is 39.8 Å². The van der Waals surface area contributed by atoms with Crippen LogP contribution < -0.4 is 10.6 Å². The Morgan fingerprint density at radius 3 is 2.93 bits per heavy atom. The van der Waals surface area contributed by atoms with Gasteiger partial charge in [0.15, 0.2) is 0 Å². The summed E-state index contributed by atoms with van der Waals surface area (Å²) >= 11 is 0. The normalized spacial score (nSPS) is 24.4. The Morgan fingerprint density at radius 2 is 2.33 bits per heavy atom. The molecule has 1 aliphatic rings. The number of hydrogen-bond donors (Lipinski definition) is 2. The van der Waals surface area contributed by atoms with Crippen LogP contribution in [0, 0.1) is 0 Å². The van der Waals surface area contributed by atoms with Gasteiger partial charge >= 0.3 is 0 Å². The quantitative estimate of drug-likeness (QED) is 0.691. The second-order valence-electron chi connectivity index (χ2n) is 4.74. The van der Waals surface area contributed by atoms with Gasteiger partial charge in [0.1, 0.15) is 0 Å². The minimum Gasteiger partial charge on any atom is -0.315 e. The highest BCUT2D eigenvalue weighted by atomic mass is 15.1. The van der Waals surface area contributed by atoms with Crippen molar-refractivity contribution in [2.75, 3.05) is 33.2 Å². The van der Waals surface area contributed by atoms with Gasteiger partial charge in [0, 0.05) is 31.7 Å². The second kappa shape index (κ2) is 7.20. The first-order chi connectivity index (χ1) is 7.24. The first kappa shape index (κ1) is 12.9. The molecule has 3 nitrogen and oxygen atoms in total. The van der Waals surface area contributed by atoms with Crippen molar-refractivity contribution < 1.29 is 0 Å². The molecule has 0 aromatic heterocycles. The van der Waals surface area contributed by atoms with E-state index < -0.39 is 0 Å². The molecule has 0 aromatic rings. The van der Waals surface area contributed by atoms with E-state index in [-0.39, 0.29) is 0 Å². The van der Waals surface area contributed by atoms with Gasteiger partial charge < -0.3 is 15.5 Å². The molecule has 0 bridgehead atoms. The molecule has 1 saturated heterocycles. The molecule has 1 rings (SSSR count). The molecular weight excluding hydrogens is 186 g/mol. The molecule has 2 N–H and O–H groups in total. The monoisotopic (exact) mass is 213 g/mol. The van der Waals surface area contributed by atoms with Crippen molar-refractivity contribution in [3.63, 3.8) is 0 Å². The van der Waals surface area contributed by atoms with Crippen LogP contribution in [0.25, 0.3) is 0 Å². The van der Waals surface area contributed by atoms with Crippen molar-refractivity contribution in [1.82, 2.24) is 15.5 Å². The summed E-state index contributed by atoms with van der Waals surface area (Å²) in [7, 11) is 2.22. The lowest BCUT2D eigenvalue weighted by molar-refractivity contribution is 0.244. The summed E-state index contributed by atoms with van der Waals surface area (Å²) in [6, 6.07) is 1.40. The fourth-order valence-electron chi connectivity index (χ4n) is 2.00. The van der Waals surface area contributed by atoms with Crippen LogP contribution in [0.4, 0.5) is 0 Å². The van der Waals surface area contributed by atoms with Crippen molar-refractivity contribution in [2.24, 2.45) is 0 Å². The number of hydrogen-bond acceptors (Lipinski definition) is 3. The minimum atomic E-state index is 0.698. The van der Waals surface area contributed by atoms with E-state index in [0.29, 0.717) is 12.1 Å². The van der Waals surface area contributed by atoms with Gasteiger partial charge in [0.25, 0.3) is 0 Å². The number of nitrogens with zero attached hydrogens (tertiary/aromatic N) is 1. The maximum atomic E-state index is 3.63. The average Bonchev–Trinajstić information content (AvgIpc) is 2.29. The molecule has 15 heavy (non-hydrogen) atoms. The molecule has 90 valence electrons. The van der Waals surface area contributed by atoms with Crippen molar-refractivity contribution >= 4 is 0 Å². The van der Waals surface area contributed by atoms with E-state index in [1.165, 1.54) is 25.8 Å². The van der Waals surface area contributed by atoms with E-state index in [0.717, 1.165) is 19.6 Å². The number of likely N-dealkylation sites (N-methyl/N-ethyl adjacent to an activating group) is 1. The molecule has 0 aromatic carbocycles. The third-order valence-electron chi connectivity index (χ3n) is 3.54. The minimum absolute atomic E-state index is 0.698. The molecule has 0 radical (unpaired) electrons. The van der Waals surface area contributed by atoms with Crippen LogP contribution in [0.2, 0.25) is 0 Å². The average molecular weight is 213 g/mol. The fraction of sp³-hybridized carbons (Fsp3) is 1.00. The first-order valence-corrected chi connectivity index (χ1v) is 6.38. The standard InChI is InChI=1S/C12H27N3/c1-4-11(2)15(3)9-8-14-12-6-5-7-13-10-12/h11-14H,4-10H2,1-3H3. The molecule has 3 heteroatoms. The summed E-state index contributed by atoms with van der Waals surface area (Å²) in [5.74, 6) is 0. The lowest BCUT2D eigenvalue weighted by atomic mass is 10.1. The molecule has 1 fully saturated rings. The van der Waals surface area contributed by atoms with Crippen LogP contribution >= 0.6 is 0 Å². The first-order valence-electron chi connectivity index (χ1n) is 6.38. The third kappa shape index (κ3) is 4.96. The summed E-state index contributed by atoms with van der Waals surface area (Å²) in [5, 5.41) is 7.06. The SMILES string of the molecule is CCC(C)N(C)CCNC1CCCNC1. The predicted octanol–water partition coefficient (Wildman–Crippen LogP) is 1.06. The highest BCUT2D eigenvalue weighted by Crippen LogP contribution is 2.02. The zero-order chi connectivity index (χ0) is 11.1. The molecular formula is C12H27N3. The zero-order valence-corrected chi connectivity index (χ0v) is 10.6. The van der Waals surface area contributed by atoms with E-state index in [1.54, 1.807) is 0 Å². The van der Waals surface area contributed by atoms with Gasteiger partial charge in [-0.15, -0.1) is 0 Å². The Labute approximate surface area is 94.6 Å². The Kier molecular flexibility index (Phi) is 6.22. The Morgan fingerprint density at radius 1 is 1.53 bits per heavy atom. The molecule has 1 aliphatic heterocycles. The molecule has 0 amide bonds. The summed E-state index contributed by atoms with van der Waals surface area (Å²) in [4.78, 5) is 2.43. The summed E-state index contributed by atoms with van der Waals surface area (Å²) in [6.45, 7) is 9.17. The largest absolute Gasteiger partial charge is 0.315 e. The Bertz CT molecular complexity index is 153. The molecule has 0 saturated carbocycles. The van der Waals surface area contributed by atoms with Crippen LogP contribution in [0.1, 0.15) is 33.1 Å². The van der Waals surface area contributed by atoms with Gasteiger partial charge in [0.05, 0.1) is 0 Å². The lowest BCUT2D eigenvalue weighted by Gasteiger charge is -2.27. The highest BCUT2D eigenvalue weighted by molar-refractivity contribution is 4.75. The summed E-state index contributed by atoms with van der Waals surface area (Å²) in [6.07, 6.45) is 3.89. The van der Waals surface area contributed by atoms with E-state index in [4.69, 9.17) is 0 Å². The van der Waals surface area contributed by atoms with Gasteiger partial charge in [-0.3, -0.25) is 0 Å². The van der Waals surface area contributed by atoms with Gasteiger partial charge in [0.2, 0.25) is 0 Å². The molecule has 2 atom stereocenters. The third-order valence-corrected chi connectivity index (χ3v) is 3.54. The number of nitrogens with one attached hydrogen (secondary N) is 2. The summed E-state index contributed by atoms with van der Waals surface area (Å²) < 4.78 is 0. The molecule has 1 heterocycles. The van der Waals surface area contributed by atoms with E-state index in [9.17, 15) is 0 Å². The summed E-state index contributed by atoms with van der Waals surface area (Å²) in [5.41, 5.74) is 0. The lowest BCUT2D eigenvalue weighted by Crippen LogP contribution is -2.45. The van der Waals surface area contributed by atoms with Crippen LogP contribution in [-0.4, -0.2) is 50.2 Å². The van der Waals surface area contributed by atoms with Gasteiger partial charge in [-0.1, -0.05) is 6.92 Å². The van der Waals surface area contributed by atoms with E-state index >= 15 is 0 Å². The number of piperidine rings is 1. The number of rotatable bonds is 6. The molecule has 0 spiro atoms. The van der Waals surface area contributed by atoms with Crippen molar-refractivity contribution in [3.05, 3.63) is 0 Å². The van der Waals surface area contributed by atoms with Crippen LogP contribution in [-0.2, 0) is 0 Å². The smallest absolute Gasteiger partial charge is 0.0193 e. The van der Waals surface area contributed by atoms with Crippen molar-refractivity contribution in [2.45, 2.75) is 45.2 Å². The fourth-order valence-corrected chi connectivity index (χ4v) is 2.00. The Hall–Kier alpha value is -0.120.